The van der Waals surface area contributed by atoms with E-state index < -0.39 is 0 Å². The third kappa shape index (κ3) is 4.93. The molecule has 4 rings (SSSR count). The van der Waals surface area contributed by atoms with Crippen molar-refractivity contribution in [1.29, 1.82) is 0 Å². The molecule has 0 radical (unpaired) electrons. The molecule has 152 valence electrons. The van der Waals surface area contributed by atoms with Crippen LogP contribution in [0.4, 0.5) is 0 Å². The zero-order chi connectivity index (χ0) is 20.1. The van der Waals surface area contributed by atoms with Crippen LogP contribution >= 0.6 is 0 Å². The highest BCUT2D eigenvalue weighted by atomic mass is 16.3. The monoisotopic (exact) mass is 390 g/mol. The van der Waals surface area contributed by atoms with Crippen molar-refractivity contribution in [2.75, 3.05) is 26.2 Å². The summed E-state index contributed by atoms with van der Waals surface area (Å²) in [6, 6.07) is 19.5. The number of benzene rings is 2. The summed E-state index contributed by atoms with van der Waals surface area (Å²) in [4.78, 5) is 5.05. The van der Waals surface area contributed by atoms with Crippen LogP contribution in [0.2, 0.25) is 0 Å². The van der Waals surface area contributed by atoms with E-state index in [1.165, 1.54) is 16.7 Å². The minimum Gasteiger partial charge on any atom is -0.396 e. The van der Waals surface area contributed by atoms with Crippen LogP contribution in [0.25, 0.3) is 5.69 Å². The lowest BCUT2D eigenvalue weighted by molar-refractivity contribution is 0.0499. The quantitative estimate of drug-likeness (QED) is 0.673. The standard InChI is InChI=1S/C24H30N4O/c1-20-16-23(28-12-5-11-25-28)9-8-22(20)18-26-13-14-27(24(19-26)10-15-29)17-21-6-3-2-4-7-21/h2-9,11-12,16,24,29H,10,13-15,17-19H2,1H3/t24-/m0/s1. The van der Waals surface area contributed by atoms with Crippen LogP contribution < -0.4 is 0 Å². The number of aliphatic hydroxyl groups excluding tert-OH is 1. The molecule has 0 spiro atoms. The van der Waals surface area contributed by atoms with Crippen molar-refractivity contribution < 1.29 is 5.11 Å². The first-order chi connectivity index (χ1) is 14.2. The van der Waals surface area contributed by atoms with Gasteiger partial charge in [-0.05, 0) is 48.2 Å². The topological polar surface area (TPSA) is 44.5 Å². The van der Waals surface area contributed by atoms with Gasteiger partial charge < -0.3 is 5.11 Å². The number of nitrogens with zero attached hydrogens (tertiary/aromatic N) is 4. The van der Waals surface area contributed by atoms with Crippen molar-refractivity contribution in [2.45, 2.75) is 32.5 Å². The van der Waals surface area contributed by atoms with Crippen LogP contribution in [0.1, 0.15) is 23.1 Å². The first kappa shape index (κ1) is 19.8. The normalized spacial score (nSPS) is 18.2. The molecule has 1 saturated heterocycles. The summed E-state index contributed by atoms with van der Waals surface area (Å²) >= 11 is 0. The van der Waals surface area contributed by atoms with E-state index in [-0.39, 0.29) is 6.61 Å². The Morgan fingerprint density at radius 1 is 1.03 bits per heavy atom. The van der Waals surface area contributed by atoms with Crippen molar-refractivity contribution in [3.63, 3.8) is 0 Å². The van der Waals surface area contributed by atoms with E-state index in [2.05, 4.69) is 70.4 Å². The molecule has 5 heteroatoms. The van der Waals surface area contributed by atoms with Crippen LogP contribution in [0.15, 0.2) is 67.0 Å². The van der Waals surface area contributed by atoms with Gasteiger partial charge in [0.2, 0.25) is 0 Å². The predicted octanol–water partition coefficient (Wildman–Crippen LogP) is 3.25. The first-order valence-electron chi connectivity index (χ1n) is 10.4. The number of rotatable bonds is 7. The van der Waals surface area contributed by atoms with Crippen molar-refractivity contribution in [3.8, 4) is 5.69 Å². The molecule has 0 bridgehead atoms. The summed E-state index contributed by atoms with van der Waals surface area (Å²) in [6.07, 6.45) is 4.60. The summed E-state index contributed by atoms with van der Waals surface area (Å²) in [5, 5.41) is 13.9. The van der Waals surface area contributed by atoms with Crippen molar-refractivity contribution in [1.82, 2.24) is 19.6 Å². The molecule has 0 unspecified atom stereocenters. The largest absolute Gasteiger partial charge is 0.396 e. The Hall–Kier alpha value is -2.47. The van der Waals surface area contributed by atoms with Gasteiger partial charge in [-0.25, -0.2) is 4.68 Å². The maximum Gasteiger partial charge on any atom is 0.0648 e. The maximum absolute atomic E-state index is 9.59. The smallest absolute Gasteiger partial charge is 0.0648 e. The molecule has 1 aliphatic heterocycles. The molecule has 3 aromatic rings. The van der Waals surface area contributed by atoms with E-state index in [0.717, 1.165) is 44.8 Å². The lowest BCUT2D eigenvalue weighted by Gasteiger charge is -2.41. The van der Waals surface area contributed by atoms with Gasteiger partial charge in [0.1, 0.15) is 0 Å². The number of hydrogen-bond acceptors (Lipinski definition) is 4. The molecule has 29 heavy (non-hydrogen) atoms. The molecule has 0 aliphatic carbocycles. The molecular formula is C24H30N4O. The Balaban J connectivity index is 1.41. The number of aryl methyl sites for hydroxylation is 1. The van der Waals surface area contributed by atoms with Crippen LogP contribution in [-0.4, -0.2) is 57.0 Å². The highest BCUT2D eigenvalue weighted by Gasteiger charge is 2.26. The van der Waals surface area contributed by atoms with Crippen molar-refractivity contribution in [3.05, 3.63) is 83.7 Å². The van der Waals surface area contributed by atoms with E-state index in [4.69, 9.17) is 0 Å². The van der Waals surface area contributed by atoms with E-state index in [1.807, 2.05) is 16.9 Å². The molecule has 1 aromatic heterocycles. The average molecular weight is 391 g/mol. The Bertz CT molecular complexity index is 895. The second-order valence-electron chi connectivity index (χ2n) is 7.92. The maximum atomic E-state index is 9.59. The third-order valence-corrected chi connectivity index (χ3v) is 5.87. The van der Waals surface area contributed by atoms with Gasteiger partial charge in [0.25, 0.3) is 0 Å². The van der Waals surface area contributed by atoms with Gasteiger partial charge >= 0.3 is 0 Å². The molecule has 1 N–H and O–H groups in total. The first-order valence-corrected chi connectivity index (χ1v) is 10.4. The molecule has 1 aliphatic rings. The van der Waals surface area contributed by atoms with Crippen LogP contribution in [-0.2, 0) is 13.1 Å². The van der Waals surface area contributed by atoms with Gasteiger partial charge in [0.05, 0.1) is 5.69 Å². The molecule has 5 nitrogen and oxygen atoms in total. The zero-order valence-electron chi connectivity index (χ0n) is 17.1. The van der Waals surface area contributed by atoms with E-state index in [1.54, 1.807) is 6.20 Å². The molecule has 1 atom stereocenters. The summed E-state index contributed by atoms with van der Waals surface area (Å²) in [6.45, 7) is 7.40. The van der Waals surface area contributed by atoms with Gasteiger partial charge in [0, 0.05) is 57.8 Å². The Kier molecular flexibility index (Phi) is 6.39. The van der Waals surface area contributed by atoms with Gasteiger partial charge in [-0.15, -0.1) is 0 Å². The fraction of sp³-hybridized carbons (Fsp3) is 0.375. The lowest BCUT2D eigenvalue weighted by atomic mass is 10.0. The average Bonchev–Trinajstić information content (AvgIpc) is 3.27. The molecule has 1 fully saturated rings. The minimum absolute atomic E-state index is 0.237. The van der Waals surface area contributed by atoms with Gasteiger partial charge in [0.15, 0.2) is 0 Å². The highest BCUT2D eigenvalue weighted by molar-refractivity contribution is 5.39. The summed E-state index contributed by atoms with van der Waals surface area (Å²) in [7, 11) is 0. The van der Waals surface area contributed by atoms with Gasteiger partial charge in [-0.1, -0.05) is 36.4 Å². The fourth-order valence-corrected chi connectivity index (χ4v) is 4.21. The number of aliphatic hydroxyl groups is 1. The SMILES string of the molecule is Cc1cc(-n2cccn2)ccc1CN1CCN(Cc2ccccc2)[C@@H](CCO)C1. The van der Waals surface area contributed by atoms with E-state index >= 15 is 0 Å². The van der Waals surface area contributed by atoms with Crippen LogP contribution in [0, 0.1) is 6.92 Å². The number of aromatic nitrogens is 2. The van der Waals surface area contributed by atoms with E-state index in [9.17, 15) is 5.11 Å². The summed E-state index contributed by atoms with van der Waals surface area (Å²) in [5.41, 5.74) is 5.10. The Morgan fingerprint density at radius 3 is 2.62 bits per heavy atom. The second-order valence-corrected chi connectivity index (χ2v) is 7.92. The Morgan fingerprint density at radius 2 is 1.90 bits per heavy atom. The third-order valence-electron chi connectivity index (χ3n) is 5.87. The lowest BCUT2D eigenvalue weighted by Crippen LogP contribution is -2.52. The molecule has 0 amide bonds. The molecule has 2 aromatic carbocycles. The number of piperazine rings is 1. The summed E-state index contributed by atoms with van der Waals surface area (Å²) < 4.78 is 1.90. The molecule has 2 heterocycles. The summed E-state index contributed by atoms with van der Waals surface area (Å²) in [5.74, 6) is 0. The van der Waals surface area contributed by atoms with Crippen LogP contribution in [0.5, 0.6) is 0 Å². The van der Waals surface area contributed by atoms with Gasteiger partial charge in [-0.2, -0.15) is 5.10 Å². The second kappa shape index (κ2) is 9.35. The van der Waals surface area contributed by atoms with Crippen molar-refractivity contribution >= 4 is 0 Å². The minimum atomic E-state index is 0.237. The zero-order valence-corrected chi connectivity index (χ0v) is 17.1. The van der Waals surface area contributed by atoms with Crippen molar-refractivity contribution in [2.24, 2.45) is 0 Å². The van der Waals surface area contributed by atoms with E-state index in [0.29, 0.717) is 6.04 Å². The predicted molar refractivity (Wildman–Crippen MR) is 116 cm³/mol. The molecular weight excluding hydrogens is 360 g/mol. The molecule has 0 saturated carbocycles. The number of hydrogen-bond donors (Lipinski definition) is 1. The van der Waals surface area contributed by atoms with Gasteiger partial charge in [-0.3, -0.25) is 9.80 Å². The Labute approximate surface area is 173 Å². The highest BCUT2D eigenvalue weighted by Crippen LogP contribution is 2.21. The fourth-order valence-electron chi connectivity index (χ4n) is 4.21. The van der Waals surface area contributed by atoms with Crippen LogP contribution in [0.3, 0.4) is 0 Å².